The van der Waals surface area contributed by atoms with E-state index in [0.717, 1.165) is 24.6 Å². The van der Waals surface area contributed by atoms with Crippen LogP contribution in [0.4, 0.5) is 11.4 Å². The lowest BCUT2D eigenvalue weighted by molar-refractivity contribution is 0.0697. The van der Waals surface area contributed by atoms with Crippen LogP contribution in [0.5, 0.6) is 0 Å². The highest BCUT2D eigenvalue weighted by Crippen LogP contribution is 2.28. The molecule has 1 saturated heterocycles. The van der Waals surface area contributed by atoms with Crippen molar-refractivity contribution in [1.82, 2.24) is 0 Å². The summed E-state index contributed by atoms with van der Waals surface area (Å²) in [5.74, 6) is 0.817. The van der Waals surface area contributed by atoms with Crippen LogP contribution in [-0.2, 0) is 10.0 Å². The van der Waals surface area contributed by atoms with Crippen LogP contribution in [0.3, 0.4) is 0 Å². The summed E-state index contributed by atoms with van der Waals surface area (Å²) < 4.78 is 27.2. The molecule has 25 heavy (non-hydrogen) atoms. The minimum Gasteiger partial charge on any atom is -0.478 e. The molecule has 132 valence electrons. The fourth-order valence-electron chi connectivity index (χ4n) is 2.66. The first kappa shape index (κ1) is 17.6. The monoisotopic (exact) mass is 378 g/mol. The Morgan fingerprint density at radius 3 is 2.40 bits per heavy atom. The first-order chi connectivity index (χ1) is 12.0. The summed E-state index contributed by atoms with van der Waals surface area (Å²) in [5.41, 5.74) is 0.951. The zero-order valence-corrected chi connectivity index (χ0v) is 15.0. The largest absolute Gasteiger partial charge is 0.478 e. The second kappa shape index (κ2) is 7.37. The Labute approximate surface area is 150 Å². The molecule has 1 fully saturated rings. The van der Waals surface area contributed by atoms with Gasteiger partial charge < -0.3 is 10.0 Å². The third-order valence-corrected chi connectivity index (χ3v) is 6.22. The van der Waals surface area contributed by atoms with Gasteiger partial charge in [-0.05, 0) is 30.3 Å². The fraction of sp³-hybridized carbons (Fsp3) is 0.235. The van der Waals surface area contributed by atoms with Gasteiger partial charge in [-0.2, -0.15) is 11.8 Å². The third kappa shape index (κ3) is 4.08. The van der Waals surface area contributed by atoms with Crippen molar-refractivity contribution in [3.8, 4) is 0 Å². The highest BCUT2D eigenvalue weighted by molar-refractivity contribution is 7.99. The first-order valence-electron chi connectivity index (χ1n) is 7.75. The maximum atomic E-state index is 12.4. The minimum absolute atomic E-state index is 0.0974. The predicted molar refractivity (Wildman–Crippen MR) is 100 cm³/mol. The summed E-state index contributed by atoms with van der Waals surface area (Å²) in [4.78, 5) is 13.8. The summed E-state index contributed by atoms with van der Waals surface area (Å²) in [6.45, 7) is 1.56. The molecule has 0 radical (unpaired) electrons. The molecule has 0 amide bonds. The standard InChI is InChI=1S/C17H18N2O4S2/c20-17(21)15-12-13(6-7-16(15)19-8-10-24-11-9-19)18-25(22,23)14-4-2-1-3-5-14/h1-7,12,18H,8-11H2,(H,20,21). The lowest BCUT2D eigenvalue weighted by Gasteiger charge is -2.29. The van der Waals surface area contributed by atoms with E-state index in [2.05, 4.69) is 4.72 Å². The van der Waals surface area contributed by atoms with Crippen LogP contribution in [-0.4, -0.2) is 44.1 Å². The van der Waals surface area contributed by atoms with E-state index in [1.807, 2.05) is 16.7 Å². The summed E-state index contributed by atoms with van der Waals surface area (Å²) in [6, 6.07) is 12.6. The Morgan fingerprint density at radius 1 is 1.08 bits per heavy atom. The van der Waals surface area contributed by atoms with Gasteiger partial charge in [0, 0.05) is 30.3 Å². The van der Waals surface area contributed by atoms with Crippen LogP contribution >= 0.6 is 11.8 Å². The number of nitrogens with one attached hydrogen (secondary N) is 1. The van der Waals surface area contributed by atoms with Gasteiger partial charge in [0.05, 0.1) is 16.1 Å². The van der Waals surface area contributed by atoms with Crippen LogP contribution in [0.15, 0.2) is 53.4 Å². The van der Waals surface area contributed by atoms with Crippen LogP contribution in [0.1, 0.15) is 10.4 Å². The summed E-state index contributed by atoms with van der Waals surface area (Å²) >= 11 is 1.84. The predicted octanol–water partition coefficient (Wildman–Crippen LogP) is 2.74. The van der Waals surface area contributed by atoms with E-state index in [-0.39, 0.29) is 16.1 Å². The molecule has 0 atom stereocenters. The SMILES string of the molecule is O=C(O)c1cc(NS(=O)(=O)c2ccccc2)ccc1N1CCSCC1. The molecule has 0 spiro atoms. The maximum absolute atomic E-state index is 12.4. The minimum atomic E-state index is -3.75. The van der Waals surface area contributed by atoms with Crippen molar-refractivity contribution in [2.24, 2.45) is 0 Å². The van der Waals surface area contributed by atoms with E-state index in [0.29, 0.717) is 5.69 Å². The maximum Gasteiger partial charge on any atom is 0.337 e. The summed E-state index contributed by atoms with van der Waals surface area (Å²) in [5, 5.41) is 9.53. The molecule has 0 unspecified atom stereocenters. The van der Waals surface area contributed by atoms with E-state index in [1.165, 1.54) is 18.2 Å². The van der Waals surface area contributed by atoms with Crippen molar-refractivity contribution in [2.45, 2.75) is 4.90 Å². The molecule has 0 aliphatic carbocycles. The highest BCUT2D eigenvalue weighted by atomic mass is 32.2. The van der Waals surface area contributed by atoms with Crippen LogP contribution in [0.2, 0.25) is 0 Å². The number of anilines is 2. The summed E-state index contributed by atoms with van der Waals surface area (Å²) in [6.07, 6.45) is 0. The van der Waals surface area contributed by atoms with Gasteiger partial charge in [0.2, 0.25) is 0 Å². The van der Waals surface area contributed by atoms with Crippen molar-refractivity contribution >= 4 is 39.1 Å². The number of carbonyl (C=O) groups is 1. The molecular formula is C17H18N2O4S2. The molecule has 8 heteroatoms. The third-order valence-electron chi connectivity index (χ3n) is 3.88. The number of hydrogen-bond donors (Lipinski definition) is 2. The van der Waals surface area contributed by atoms with Crippen LogP contribution < -0.4 is 9.62 Å². The van der Waals surface area contributed by atoms with E-state index in [1.54, 1.807) is 30.3 Å². The molecule has 2 aromatic carbocycles. The van der Waals surface area contributed by atoms with Gasteiger partial charge in [0.1, 0.15) is 0 Å². The van der Waals surface area contributed by atoms with Gasteiger partial charge in [-0.1, -0.05) is 18.2 Å². The fourth-order valence-corrected chi connectivity index (χ4v) is 4.64. The molecule has 1 heterocycles. The van der Waals surface area contributed by atoms with Crippen molar-refractivity contribution < 1.29 is 18.3 Å². The number of aromatic carboxylic acids is 1. The van der Waals surface area contributed by atoms with E-state index in [4.69, 9.17) is 0 Å². The molecular weight excluding hydrogens is 360 g/mol. The zero-order valence-electron chi connectivity index (χ0n) is 13.4. The van der Waals surface area contributed by atoms with Crippen LogP contribution in [0.25, 0.3) is 0 Å². The average Bonchev–Trinajstić information content (AvgIpc) is 2.63. The molecule has 0 aromatic heterocycles. The van der Waals surface area contributed by atoms with E-state index in [9.17, 15) is 18.3 Å². The molecule has 2 N–H and O–H groups in total. The number of nitrogens with zero attached hydrogens (tertiary/aromatic N) is 1. The van der Waals surface area contributed by atoms with E-state index >= 15 is 0 Å². The number of thioether (sulfide) groups is 1. The van der Waals surface area contributed by atoms with Gasteiger partial charge in [0.25, 0.3) is 10.0 Å². The molecule has 0 bridgehead atoms. The van der Waals surface area contributed by atoms with E-state index < -0.39 is 16.0 Å². The molecule has 1 aliphatic heterocycles. The second-order valence-electron chi connectivity index (χ2n) is 5.56. The van der Waals surface area contributed by atoms with Gasteiger partial charge in [-0.3, -0.25) is 4.72 Å². The average molecular weight is 378 g/mol. The normalized spacial score (nSPS) is 15.0. The van der Waals surface area contributed by atoms with Gasteiger partial charge in [-0.25, -0.2) is 13.2 Å². The lowest BCUT2D eigenvalue weighted by Crippen LogP contribution is -2.33. The van der Waals surface area contributed by atoms with Gasteiger partial charge in [0.15, 0.2) is 0 Å². The number of carboxylic acids is 1. The Kier molecular flexibility index (Phi) is 5.19. The Morgan fingerprint density at radius 2 is 1.76 bits per heavy atom. The van der Waals surface area contributed by atoms with Crippen molar-refractivity contribution in [3.63, 3.8) is 0 Å². The highest BCUT2D eigenvalue weighted by Gasteiger charge is 2.20. The smallest absolute Gasteiger partial charge is 0.337 e. The Balaban J connectivity index is 1.90. The van der Waals surface area contributed by atoms with Crippen molar-refractivity contribution in [3.05, 3.63) is 54.1 Å². The zero-order chi connectivity index (χ0) is 17.9. The van der Waals surface area contributed by atoms with Crippen LogP contribution in [0, 0.1) is 0 Å². The Hall–Kier alpha value is -2.19. The molecule has 2 aromatic rings. The quantitative estimate of drug-likeness (QED) is 0.832. The number of sulfonamides is 1. The van der Waals surface area contributed by atoms with Crippen molar-refractivity contribution in [2.75, 3.05) is 34.2 Å². The topological polar surface area (TPSA) is 86.7 Å². The number of carboxylic acid groups (broad SMARTS) is 1. The lowest BCUT2D eigenvalue weighted by atomic mass is 10.1. The number of hydrogen-bond acceptors (Lipinski definition) is 5. The number of benzene rings is 2. The van der Waals surface area contributed by atoms with Gasteiger partial charge >= 0.3 is 5.97 Å². The summed E-state index contributed by atoms with van der Waals surface area (Å²) in [7, 11) is -3.75. The number of rotatable bonds is 5. The molecule has 0 saturated carbocycles. The molecule has 3 rings (SSSR count). The molecule has 6 nitrogen and oxygen atoms in total. The van der Waals surface area contributed by atoms with Crippen molar-refractivity contribution in [1.29, 1.82) is 0 Å². The van der Waals surface area contributed by atoms with Gasteiger partial charge in [-0.15, -0.1) is 0 Å². The first-order valence-corrected chi connectivity index (χ1v) is 10.4. The second-order valence-corrected chi connectivity index (χ2v) is 8.46. The Bertz CT molecular complexity index is 863. The molecule has 1 aliphatic rings.